The molecule has 2 aliphatic carbocycles. The number of aryl methyl sites for hydroxylation is 2. The van der Waals surface area contributed by atoms with Gasteiger partial charge in [-0.2, -0.15) is 0 Å². The maximum atomic E-state index is 13.4. The molecule has 7 nitrogen and oxygen atoms in total. The summed E-state index contributed by atoms with van der Waals surface area (Å²) in [6.45, 7) is 21.2. The maximum Gasteiger partial charge on any atom is 0.306 e. The van der Waals surface area contributed by atoms with E-state index in [1.165, 1.54) is 10.9 Å². The molecule has 0 fully saturated rings. The number of carbonyl (C=O) groups excluding carboxylic acids is 3. The van der Waals surface area contributed by atoms with E-state index in [0.717, 1.165) is 73.8 Å². The summed E-state index contributed by atoms with van der Waals surface area (Å²) < 4.78 is 12.0. The zero-order valence-electron chi connectivity index (χ0n) is 42.5. The second kappa shape index (κ2) is 23.6. The Labute approximate surface area is 410 Å². The minimum atomic E-state index is -0.779. The van der Waals surface area contributed by atoms with Crippen molar-refractivity contribution in [2.45, 2.75) is 120 Å². The van der Waals surface area contributed by atoms with Crippen molar-refractivity contribution in [3.05, 3.63) is 202 Å². The molecule has 4 aromatic rings. The van der Waals surface area contributed by atoms with Gasteiger partial charge in [-0.3, -0.25) is 14.4 Å². The van der Waals surface area contributed by atoms with Crippen molar-refractivity contribution in [1.82, 2.24) is 9.97 Å². The number of Topliss-reactive ketones (excluding diaryl/α,β-unsaturated/α-hetero) is 2. The second-order valence-electron chi connectivity index (χ2n) is 20.1. The molecule has 0 radical (unpaired) electrons. The van der Waals surface area contributed by atoms with Gasteiger partial charge in [-0.05, 0) is 124 Å². The Balaban J connectivity index is 0.936. The average Bonchev–Trinajstić information content (AvgIpc) is 3.93. The first-order valence-electron chi connectivity index (χ1n) is 24.4. The van der Waals surface area contributed by atoms with Gasteiger partial charge in [0.25, 0.3) is 0 Å². The summed E-state index contributed by atoms with van der Waals surface area (Å²) in [7, 11) is 0. The number of fused-ring (bicyclic) bond motifs is 2. The topological polar surface area (TPSA) is 101 Å². The summed E-state index contributed by atoms with van der Waals surface area (Å²) >= 11 is 0. The zero-order chi connectivity index (χ0) is 49.7. The summed E-state index contributed by atoms with van der Waals surface area (Å²) in [6.07, 6.45) is 35.3. The molecule has 0 bridgehead atoms. The third kappa shape index (κ3) is 14.0. The second-order valence-corrected chi connectivity index (χ2v) is 20.1. The third-order valence-corrected chi connectivity index (χ3v) is 13.4. The van der Waals surface area contributed by atoms with Gasteiger partial charge < -0.3 is 19.4 Å². The fraction of sp³-hybridized carbons (Fsp3) is 0.339. The molecule has 2 heterocycles. The van der Waals surface area contributed by atoms with Gasteiger partial charge in [0.05, 0.1) is 0 Å². The van der Waals surface area contributed by atoms with Crippen LogP contribution in [0.1, 0.15) is 106 Å². The first-order chi connectivity index (χ1) is 32.9. The van der Waals surface area contributed by atoms with Crippen LogP contribution in [0.5, 0.6) is 0 Å². The number of aromatic nitrogens is 2. The lowest BCUT2D eigenvalue weighted by Gasteiger charge is -2.36. The summed E-state index contributed by atoms with van der Waals surface area (Å²) in [5.74, 6) is -0.389. The van der Waals surface area contributed by atoms with Gasteiger partial charge in [-0.1, -0.05) is 171 Å². The highest BCUT2D eigenvalue weighted by atomic mass is 16.5. The van der Waals surface area contributed by atoms with Crippen molar-refractivity contribution in [2.24, 2.45) is 10.8 Å². The van der Waals surface area contributed by atoms with Crippen molar-refractivity contribution >= 4 is 39.3 Å². The van der Waals surface area contributed by atoms with Crippen LogP contribution in [-0.2, 0) is 36.7 Å². The molecule has 7 heteroatoms. The first kappa shape index (κ1) is 51.8. The van der Waals surface area contributed by atoms with E-state index in [9.17, 15) is 14.4 Å². The Morgan fingerprint density at radius 2 is 1.04 bits per heavy atom. The summed E-state index contributed by atoms with van der Waals surface area (Å²) in [5.41, 5.74) is 11.9. The largest absolute Gasteiger partial charge is 0.454 e. The average molecular weight is 925 g/mol. The van der Waals surface area contributed by atoms with E-state index >= 15 is 0 Å². The molecule has 2 aromatic heterocycles. The molecule has 2 aromatic carbocycles. The van der Waals surface area contributed by atoms with Crippen LogP contribution in [-0.4, -0.2) is 46.3 Å². The number of rotatable bonds is 19. The molecule has 2 N–H and O–H groups in total. The third-order valence-electron chi connectivity index (χ3n) is 13.4. The molecule has 0 amide bonds. The highest BCUT2D eigenvalue weighted by Gasteiger charge is 2.40. The minimum absolute atomic E-state index is 0.0905. The van der Waals surface area contributed by atoms with Gasteiger partial charge in [0.1, 0.15) is 6.10 Å². The number of hydrogen-bond acceptors (Lipinski definition) is 5. The van der Waals surface area contributed by atoms with Crippen molar-refractivity contribution < 1.29 is 23.9 Å². The van der Waals surface area contributed by atoms with Crippen molar-refractivity contribution in [3.8, 4) is 0 Å². The normalized spacial score (nSPS) is 20.0. The number of carbonyl (C=O) groups is 3. The molecule has 2 atom stereocenters. The molecule has 0 aliphatic heterocycles. The van der Waals surface area contributed by atoms with Crippen LogP contribution < -0.4 is 0 Å². The number of allylic oxidation sites excluding steroid dienone is 20. The Bertz CT molecular complexity index is 2880. The first-order valence-corrected chi connectivity index (χ1v) is 24.4. The minimum Gasteiger partial charge on any atom is -0.454 e. The number of hydrogen-bond donors (Lipinski definition) is 2. The maximum absolute atomic E-state index is 13.4. The number of para-hydroxylation sites is 2. The van der Waals surface area contributed by atoms with Crippen LogP contribution in [0.15, 0.2) is 191 Å². The molecule has 69 heavy (non-hydrogen) atoms. The highest BCUT2D eigenvalue weighted by molar-refractivity contribution is 6.02. The van der Waals surface area contributed by atoms with Gasteiger partial charge in [0.15, 0.2) is 17.7 Å². The summed E-state index contributed by atoms with van der Waals surface area (Å²) in [6, 6.07) is 16.4. The summed E-state index contributed by atoms with van der Waals surface area (Å²) in [5, 5.41) is 2.35. The van der Waals surface area contributed by atoms with Crippen LogP contribution in [0.3, 0.4) is 0 Å². The van der Waals surface area contributed by atoms with E-state index in [-0.39, 0.29) is 34.8 Å². The number of H-pyrrole nitrogens is 2. The molecule has 0 saturated carbocycles. The number of ketones is 2. The lowest BCUT2D eigenvalue weighted by Crippen LogP contribution is -2.39. The quantitative estimate of drug-likeness (QED) is 0.0554. The van der Waals surface area contributed by atoms with Crippen molar-refractivity contribution in [2.75, 3.05) is 6.61 Å². The number of benzene rings is 2. The molecular formula is C62H72N2O5. The number of esters is 1. The van der Waals surface area contributed by atoms with E-state index in [1.54, 1.807) is 0 Å². The molecule has 0 saturated heterocycles. The fourth-order valence-electron chi connectivity index (χ4n) is 9.42. The highest BCUT2D eigenvalue weighted by Crippen LogP contribution is 2.42. The zero-order valence-corrected chi connectivity index (χ0v) is 42.5. The van der Waals surface area contributed by atoms with E-state index in [4.69, 9.17) is 9.47 Å². The van der Waals surface area contributed by atoms with Crippen LogP contribution in [0.25, 0.3) is 21.8 Å². The van der Waals surface area contributed by atoms with E-state index in [1.807, 2.05) is 87.7 Å². The molecule has 6 rings (SSSR count). The van der Waals surface area contributed by atoms with Gasteiger partial charge in [0.2, 0.25) is 0 Å². The van der Waals surface area contributed by atoms with Crippen LogP contribution >= 0.6 is 0 Å². The van der Waals surface area contributed by atoms with Gasteiger partial charge >= 0.3 is 5.97 Å². The number of aromatic amines is 2. The van der Waals surface area contributed by atoms with Gasteiger partial charge in [-0.25, -0.2) is 0 Å². The number of nitrogens with one attached hydrogen (secondary N) is 2. The Hall–Kier alpha value is -6.57. The van der Waals surface area contributed by atoms with Crippen LogP contribution in [0.4, 0.5) is 0 Å². The SMILES string of the molecule is CC1=C(/C=C/C(C)=C/C=C/C(C)=C/C=C/C=C(C)/C=C/C=C(C)/C=C/C2=C(C)C(=O)[C@@H](OC(=O)CCc3c[nH]c4ccccc34)CC2(C)C)C(C)(C)C[C@H](OCCCc2c[nH]c3ccccc23)C1=O. The molecule has 0 unspecified atom stereocenters. The standard InChI is InChI=1S/C62H72N2O5/c1-42(22-17-24-44(3)31-34-52-46(5)59(66)56(38-61(52,7)8)68-37-19-26-48-40-63-54-29-15-13-27-50(48)54)20-11-12-21-43(2)23-18-25-45(4)32-35-53-47(6)60(67)57(39-62(53,9)10)69-58(65)36-33-49-41-64-55-30-16-14-28-51(49)55/h11-18,20-25,27-32,34-35,40-41,56-57,63-64H,19,26,33,36-39H2,1-10H3/b12-11+,22-17+,23-18+,34-31+,35-32+,42-20+,43-21+,44-24+,45-25+/t56-,57-/m0/s1. The molecular weight excluding hydrogens is 853 g/mol. The van der Waals surface area contributed by atoms with E-state index < -0.39 is 12.2 Å². The lowest BCUT2D eigenvalue weighted by atomic mass is 9.71. The summed E-state index contributed by atoms with van der Waals surface area (Å²) in [4.78, 5) is 46.3. The van der Waals surface area contributed by atoms with Crippen molar-refractivity contribution in [1.29, 1.82) is 0 Å². The molecule has 2 aliphatic rings. The van der Waals surface area contributed by atoms with E-state index in [2.05, 4.69) is 138 Å². The smallest absolute Gasteiger partial charge is 0.306 e. The monoisotopic (exact) mass is 925 g/mol. The molecule has 360 valence electrons. The molecule has 0 spiro atoms. The van der Waals surface area contributed by atoms with Crippen LogP contribution in [0.2, 0.25) is 0 Å². The lowest BCUT2D eigenvalue weighted by molar-refractivity contribution is -0.156. The van der Waals surface area contributed by atoms with Gasteiger partial charge in [-0.15, -0.1) is 0 Å². The Morgan fingerprint density at radius 1 is 0.609 bits per heavy atom. The van der Waals surface area contributed by atoms with Crippen molar-refractivity contribution in [3.63, 3.8) is 0 Å². The Morgan fingerprint density at radius 3 is 1.57 bits per heavy atom. The Kier molecular flexibility index (Phi) is 17.7. The van der Waals surface area contributed by atoms with Crippen LogP contribution in [0, 0.1) is 10.8 Å². The number of ether oxygens (including phenoxy) is 2. The predicted molar refractivity (Wildman–Crippen MR) is 286 cm³/mol. The fourth-order valence-corrected chi connectivity index (χ4v) is 9.42. The predicted octanol–water partition coefficient (Wildman–Crippen LogP) is 14.7. The van der Waals surface area contributed by atoms with Gasteiger partial charge in [0, 0.05) is 53.6 Å². The van der Waals surface area contributed by atoms with E-state index in [0.29, 0.717) is 31.4 Å².